The maximum atomic E-state index is 12.3. The summed E-state index contributed by atoms with van der Waals surface area (Å²) in [5, 5.41) is 0. The number of rotatable bonds is 4. The van der Waals surface area contributed by atoms with Crippen LogP contribution in [0.5, 0.6) is 0 Å². The Morgan fingerprint density at radius 3 is 2.45 bits per heavy atom. The van der Waals surface area contributed by atoms with Crippen LogP contribution in [0.1, 0.15) is 43.0 Å². The third kappa shape index (κ3) is 2.47. The molecule has 6 nitrogen and oxygen atoms in total. The van der Waals surface area contributed by atoms with E-state index in [0.717, 1.165) is 25.7 Å². The van der Waals surface area contributed by atoms with Crippen LogP contribution < -0.4 is 11.2 Å². The van der Waals surface area contributed by atoms with E-state index in [2.05, 4.69) is 9.88 Å². The van der Waals surface area contributed by atoms with Crippen molar-refractivity contribution in [3.05, 3.63) is 32.6 Å². The van der Waals surface area contributed by atoms with Gasteiger partial charge in [0, 0.05) is 18.3 Å². The van der Waals surface area contributed by atoms with Crippen LogP contribution in [0.4, 0.5) is 0 Å². The Hall–Kier alpha value is -1.69. The van der Waals surface area contributed by atoms with E-state index in [0.29, 0.717) is 6.54 Å². The molecule has 0 aromatic carbocycles. The zero-order valence-electron chi connectivity index (χ0n) is 12.2. The third-order valence-corrected chi connectivity index (χ3v) is 4.38. The Morgan fingerprint density at radius 2 is 1.95 bits per heavy atom. The number of nitrogens with one attached hydrogen (secondary N) is 1. The van der Waals surface area contributed by atoms with Crippen LogP contribution in [0.3, 0.4) is 0 Å². The lowest BCUT2D eigenvalue weighted by Gasteiger charge is -2.36. The van der Waals surface area contributed by atoms with Gasteiger partial charge in [-0.25, -0.2) is 4.79 Å². The first-order chi connectivity index (χ1) is 9.37. The number of Topliss-reactive ketones (excluding diaryl/α,β-unsaturated/α-hetero) is 1. The van der Waals surface area contributed by atoms with Gasteiger partial charge in [0.15, 0.2) is 5.78 Å². The summed E-state index contributed by atoms with van der Waals surface area (Å²) in [7, 11) is 3.94. The van der Waals surface area contributed by atoms with E-state index >= 15 is 0 Å². The second-order valence-corrected chi connectivity index (χ2v) is 5.78. The fourth-order valence-electron chi connectivity index (χ4n) is 2.98. The summed E-state index contributed by atoms with van der Waals surface area (Å²) in [5.41, 5.74) is -1.08. The second-order valence-electron chi connectivity index (χ2n) is 5.78. The molecule has 1 aromatic heterocycles. The number of likely N-dealkylation sites (N-methyl/N-ethyl adjacent to an activating group) is 1. The van der Waals surface area contributed by atoms with Crippen LogP contribution in [0.15, 0.2) is 15.8 Å². The molecule has 1 heterocycles. The SMILES string of the molecule is CC(=O)c1c[nH]c(=O)n(CC2(N(C)C)CCCC2)c1=O. The topological polar surface area (TPSA) is 75.2 Å². The molecule has 110 valence electrons. The van der Waals surface area contributed by atoms with E-state index in [4.69, 9.17) is 0 Å². The van der Waals surface area contributed by atoms with Crippen LogP contribution in [-0.4, -0.2) is 39.9 Å². The minimum absolute atomic E-state index is 0.0384. The minimum Gasteiger partial charge on any atom is -0.313 e. The Morgan fingerprint density at radius 1 is 1.35 bits per heavy atom. The average Bonchev–Trinajstić information content (AvgIpc) is 2.84. The van der Waals surface area contributed by atoms with Crippen molar-refractivity contribution in [2.24, 2.45) is 0 Å². The van der Waals surface area contributed by atoms with Gasteiger partial charge in [-0.3, -0.25) is 14.2 Å². The lowest BCUT2D eigenvalue weighted by molar-refractivity contribution is 0.101. The zero-order valence-corrected chi connectivity index (χ0v) is 12.2. The van der Waals surface area contributed by atoms with Gasteiger partial charge in [-0.2, -0.15) is 0 Å². The maximum Gasteiger partial charge on any atom is 0.328 e. The smallest absolute Gasteiger partial charge is 0.313 e. The first kappa shape index (κ1) is 14.7. The van der Waals surface area contributed by atoms with Crippen LogP contribution in [0.2, 0.25) is 0 Å². The Bertz CT molecular complexity index is 621. The van der Waals surface area contributed by atoms with E-state index in [9.17, 15) is 14.4 Å². The van der Waals surface area contributed by atoms with E-state index in [1.54, 1.807) is 0 Å². The molecular formula is C14H21N3O3. The molecule has 0 amide bonds. The molecule has 1 saturated carbocycles. The van der Waals surface area contributed by atoms with Crippen molar-refractivity contribution in [2.75, 3.05) is 14.1 Å². The predicted octanol–water partition coefficient (Wildman–Crippen LogP) is 0.614. The van der Waals surface area contributed by atoms with Crippen LogP contribution in [0, 0.1) is 0 Å². The van der Waals surface area contributed by atoms with Gasteiger partial charge in [-0.1, -0.05) is 12.8 Å². The van der Waals surface area contributed by atoms with Crippen molar-refractivity contribution >= 4 is 5.78 Å². The summed E-state index contributed by atoms with van der Waals surface area (Å²) in [5.74, 6) is -0.328. The number of H-pyrrole nitrogens is 1. The second kappa shape index (κ2) is 5.36. The number of aromatic amines is 1. The quantitative estimate of drug-likeness (QED) is 0.820. The monoisotopic (exact) mass is 279 g/mol. The molecule has 1 fully saturated rings. The molecule has 20 heavy (non-hydrogen) atoms. The zero-order chi connectivity index (χ0) is 14.9. The van der Waals surface area contributed by atoms with E-state index in [-0.39, 0.29) is 16.9 Å². The normalized spacial score (nSPS) is 17.6. The molecule has 2 rings (SSSR count). The number of ketones is 1. The number of carbonyl (C=O) groups excluding carboxylic acids is 1. The van der Waals surface area contributed by atoms with Crippen molar-refractivity contribution in [2.45, 2.75) is 44.7 Å². The molecule has 0 aliphatic heterocycles. The van der Waals surface area contributed by atoms with Crippen LogP contribution >= 0.6 is 0 Å². The Kier molecular flexibility index (Phi) is 3.94. The summed E-state index contributed by atoms with van der Waals surface area (Å²) < 4.78 is 1.17. The molecule has 1 aliphatic carbocycles. The van der Waals surface area contributed by atoms with Crippen molar-refractivity contribution in [1.82, 2.24) is 14.5 Å². The molecule has 0 spiro atoms. The number of hydrogen-bond donors (Lipinski definition) is 1. The molecule has 1 aliphatic rings. The van der Waals surface area contributed by atoms with Crippen LogP contribution in [0.25, 0.3) is 0 Å². The molecular weight excluding hydrogens is 258 g/mol. The summed E-state index contributed by atoms with van der Waals surface area (Å²) >= 11 is 0. The number of aromatic nitrogens is 2. The van der Waals surface area contributed by atoms with E-state index < -0.39 is 11.2 Å². The van der Waals surface area contributed by atoms with E-state index in [1.807, 2.05) is 14.1 Å². The first-order valence-electron chi connectivity index (χ1n) is 6.88. The lowest BCUT2D eigenvalue weighted by atomic mass is 9.96. The van der Waals surface area contributed by atoms with Crippen molar-refractivity contribution < 1.29 is 4.79 Å². The fourth-order valence-corrected chi connectivity index (χ4v) is 2.98. The molecule has 0 unspecified atom stereocenters. The molecule has 1 N–H and O–H groups in total. The van der Waals surface area contributed by atoms with Crippen LogP contribution in [-0.2, 0) is 6.54 Å². The molecule has 1 aromatic rings. The highest BCUT2D eigenvalue weighted by atomic mass is 16.2. The highest BCUT2D eigenvalue weighted by molar-refractivity contribution is 5.93. The number of carbonyl (C=O) groups is 1. The minimum atomic E-state index is -0.491. The number of hydrogen-bond acceptors (Lipinski definition) is 4. The van der Waals surface area contributed by atoms with Gasteiger partial charge in [0.2, 0.25) is 0 Å². The van der Waals surface area contributed by atoms with Gasteiger partial charge < -0.3 is 9.88 Å². The largest absolute Gasteiger partial charge is 0.328 e. The first-order valence-corrected chi connectivity index (χ1v) is 6.88. The molecule has 0 radical (unpaired) electrons. The van der Waals surface area contributed by atoms with Gasteiger partial charge in [-0.15, -0.1) is 0 Å². The lowest BCUT2D eigenvalue weighted by Crippen LogP contribution is -2.51. The molecule has 0 bridgehead atoms. The highest BCUT2D eigenvalue weighted by Crippen LogP contribution is 2.34. The third-order valence-electron chi connectivity index (χ3n) is 4.38. The van der Waals surface area contributed by atoms with Gasteiger partial charge in [0.05, 0.1) is 5.56 Å². The molecule has 0 saturated heterocycles. The summed E-state index contributed by atoms with van der Waals surface area (Å²) in [6, 6.07) is 0. The van der Waals surface area contributed by atoms with Gasteiger partial charge in [0.25, 0.3) is 5.56 Å². The van der Waals surface area contributed by atoms with Crippen molar-refractivity contribution in [1.29, 1.82) is 0 Å². The number of nitrogens with zero attached hydrogens (tertiary/aromatic N) is 2. The summed E-state index contributed by atoms with van der Waals surface area (Å²) in [4.78, 5) is 40.2. The highest BCUT2D eigenvalue weighted by Gasteiger charge is 2.37. The van der Waals surface area contributed by atoms with E-state index in [1.165, 1.54) is 17.7 Å². The summed E-state index contributed by atoms with van der Waals surface area (Å²) in [6.07, 6.45) is 5.31. The predicted molar refractivity (Wildman–Crippen MR) is 76.2 cm³/mol. The molecule has 0 atom stereocenters. The Balaban J connectivity index is 2.48. The van der Waals surface area contributed by atoms with Crippen molar-refractivity contribution in [3.63, 3.8) is 0 Å². The fraction of sp³-hybridized carbons (Fsp3) is 0.643. The van der Waals surface area contributed by atoms with Gasteiger partial charge in [0.1, 0.15) is 0 Å². The molecule has 6 heteroatoms. The standard InChI is InChI=1S/C14H21N3O3/c1-10(18)11-8-15-13(20)17(12(11)19)9-14(16(2)3)6-4-5-7-14/h8H,4-7,9H2,1-3H3,(H,15,20). The Labute approximate surface area is 117 Å². The summed E-state index contributed by atoms with van der Waals surface area (Å²) in [6.45, 7) is 1.66. The average molecular weight is 279 g/mol. The van der Waals surface area contributed by atoms with Crippen molar-refractivity contribution in [3.8, 4) is 0 Å². The van der Waals surface area contributed by atoms with Gasteiger partial charge >= 0.3 is 5.69 Å². The maximum absolute atomic E-state index is 12.3. The van der Waals surface area contributed by atoms with Gasteiger partial charge in [-0.05, 0) is 33.9 Å².